The van der Waals surface area contributed by atoms with Gasteiger partial charge in [-0.15, -0.1) is 0 Å². The molecule has 4 nitrogen and oxygen atoms in total. The molecule has 0 spiro atoms. The van der Waals surface area contributed by atoms with Crippen molar-refractivity contribution in [2.24, 2.45) is 4.99 Å². The molecular weight excluding hydrogens is 240 g/mol. The van der Waals surface area contributed by atoms with Crippen molar-refractivity contribution in [3.63, 3.8) is 0 Å². The van der Waals surface area contributed by atoms with Crippen LogP contribution in [0.5, 0.6) is 5.75 Å². The van der Waals surface area contributed by atoms with E-state index < -0.39 is 0 Å². The van der Waals surface area contributed by atoms with Gasteiger partial charge in [0.25, 0.3) is 0 Å². The Morgan fingerprint density at radius 1 is 1.26 bits per heavy atom. The number of rotatable bonds is 4. The van der Waals surface area contributed by atoms with E-state index in [4.69, 9.17) is 9.47 Å². The fourth-order valence-corrected chi connectivity index (χ4v) is 2.16. The SMILES string of the molecule is COc1ccc(Cn2cccc2C2=NCCO2)cc1. The molecule has 1 aliphatic heterocycles. The van der Waals surface area contributed by atoms with E-state index in [-0.39, 0.29) is 0 Å². The smallest absolute Gasteiger partial charge is 0.233 e. The summed E-state index contributed by atoms with van der Waals surface area (Å²) in [4.78, 5) is 4.36. The Morgan fingerprint density at radius 2 is 2.11 bits per heavy atom. The molecule has 0 saturated carbocycles. The first kappa shape index (κ1) is 11.8. The molecule has 2 aromatic rings. The van der Waals surface area contributed by atoms with Crippen LogP contribution in [0.3, 0.4) is 0 Å². The Morgan fingerprint density at radius 3 is 2.79 bits per heavy atom. The maximum Gasteiger partial charge on any atom is 0.233 e. The lowest BCUT2D eigenvalue weighted by Gasteiger charge is -2.09. The van der Waals surface area contributed by atoms with Gasteiger partial charge in [0, 0.05) is 12.7 Å². The van der Waals surface area contributed by atoms with E-state index >= 15 is 0 Å². The average Bonchev–Trinajstić information content (AvgIpc) is 3.10. The lowest BCUT2D eigenvalue weighted by Crippen LogP contribution is -2.10. The number of methoxy groups -OCH3 is 1. The number of hydrogen-bond acceptors (Lipinski definition) is 3. The van der Waals surface area contributed by atoms with E-state index in [1.54, 1.807) is 7.11 Å². The Kier molecular flexibility index (Phi) is 3.23. The molecule has 1 aromatic heterocycles. The second-order valence-electron chi connectivity index (χ2n) is 4.40. The quantitative estimate of drug-likeness (QED) is 0.841. The van der Waals surface area contributed by atoms with Crippen molar-refractivity contribution in [3.8, 4) is 5.75 Å². The zero-order chi connectivity index (χ0) is 13.1. The third-order valence-electron chi connectivity index (χ3n) is 3.15. The zero-order valence-corrected chi connectivity index (χ0v) is 10.9. The second-order valence-corrected chi connectivity index (χ2v) is 4.40. The summed E-state index contributed by atoms with van der Waals surface area (Å²) in [6.07, 6.45) is 2.05. The van der Waals surface area contributed by atoms with Crippen LogP contribution in [0.25, 0.3) is 0 Å². The molecule has 0 fully saturated rings. The number of hydrogen-bond donors (Lipinski definition) is 0. The first-order chi connectivity index (χ1) is 9.36. The van der Waals surface area contributed by atoms with Crippen LogP contribution in [0.2, 0.25) is 0 Å². The number of nitrogens with zero attached hydrogens (tertiary/aromatic N) is 2. The highest BCUT2D eigenvalue weighted by Gasteiger charge is 2.14. The molecular formula is C15H16N2O2. The zero-order valence-electron chi connectivity index (χ0n) is 10.9. The molecule has 98 valence electrons. The van der Waals surface area contributed by atoms with Crippen LogP contribution in [0, 0.1) is 0 Å². The Bertz CT molecular complexity index is 584. The van der Waals surface area contributed by atoms with Gasteiger partial charge in [-0.25, -0.2) is 4.99 Å². The van der Waals surface area contributed by atoms with Crippen molar-refractivity contribution < 1.29 is 9.47 Å². The van der Waals surface area contributed by atoms with E-state index in [1.807, 2.05) is 30.5 Å². The highest BCUT2D eigenvalue weighted by molar-refractivity contribution is 5.93. The second kappa shape index (κ2) is 5.18. The molecule has 1 aromatic carbocycles. The van der Waals surface area contributed by atoms with Gasteiger partial charge in [0.1, 0.15) is 18.1 Å². The molecule has 0 saturated heterocycles. The number of ether oxygens (including phenoxy) is 2. The minimum Gasteiger partial charge on any atom is -0.497 e. The Labute approximate surface area is 112 Å². The van der Waals surface area contributed by atoms with Crippen LogP contribution in [0.15, 0.2) is 47.6 Å². The first-order valence-electron chi connectivity index (χ1n) is 6.32. The van der Waals surface area contributed by atoms with Gasteiger partial charge >= 0.3 is 0 Å². The van der Waals surface area contributed by atoms with E-state index in [2.05, 4.69) is 21.7 Å². The Hall–Kier alpha value is -2.23. The summed E-state index contributed by atoms with van der Waals surface area (Å²) in [6.45, 7) is 2.24. The maximum atomic E-state index is 5.52. The van der Waals surface area contributed by atoms with Gasteiger partial charge in [0.15, 0.2) is 0 Å². The average molecular weight is 256 g/mol. The molecule has 0 amide bonds. The van der Waals surface area contributed by atoms with E-state index in [0.29, 0.717) is 6.61 Å². The van der Waals surface area contributed by atoms with Gasteiger partial charge < -0.3 is 14.0 Å². The van der Waals surface area contributed by atoms with E-state index in [0.717, 1.165) is 30.4 Å². The van der Waals surface area contributed by atoms with Crippen LogP contribution < -0.4 is 4.74 Å². The molecule has 0 unspecified atom stereocenters. The van der Waals surface area contributed by atoms with Crippen LogP contribution in [0.1, 0.15) is 11.3 Å². The molecule has 0 atom stereocenters. The van der Waals surface area contributed by atoms with Crippen LogP contribution in [-0.4, -0.2) is 30.7 Å². The normalized spacial score (nSPS) is 14.1. The van der Waals surface area contributed by atoms with Crippen molar-refractivity contribution in [1.29, 1.82) is 0 Å². The van der Waals surface area contributed by atoms with Gasteiger partial charge in [-0.3, -0.25) is 0 Å². The molecule has 3 rings (SSSR count). The predicted molar refractivity (Wildman–Crippen MR) is 73.9 cm³/mol. The van der Waals surface area contributed by atoms with Gasteiger partial charge in [-0.05, 0) is 29.8 Å². The van der Waals surface area contributed by atoms with E-state index in [9.17, 15) is 0 Å². The monoisotopic (exact) mass is 256 g/mol. The summed E-state index contributed by atoms with van der Waals surface area (Å²) in [7, 11) is 1.68. The molecule has 19 heavy (non-hydrogen) atoms. The summed E-state index contributed by atoms with van der Waals surface area (Å²) in [5.41, 5.74) is 2.25. The summed E-state index contributed by atoms with van der Waals surface area (Å²) in [6, 6.07) is 12.1. The summed E-state index contributed by atoms with van der Waals surface area (Å²) in [5.74, 6) is 1.62. The first-order valence-corrected chi connectivity index (χ1v) is 6.32. The van der Waals surface area contributed by atoms with Crippen molar-refractivity contribution in [1.82, 2.24) is 4.57 Å². The summed E-state index contributed by atoms with van der Waals surface area (Å²) >= 11 is 0. The molecule has 0 radical (unpaired) electrons. The van der Waals surface area contributed by atoms with Crippen LogP contribution in [0.4, 0.5) is 0 Å². The minimum atomic E-state index is 0.684. The number of aromatic nitrogens is 1. The molecule has 2 heterocycles. The van der Waals surface area contributed by atoms with Gasteiger partial charge in [-0.2, -0.15) is 0 Å². The van der Waals surface area contributed by atoms with Gasteiger partial charge in [0.2, 0.25) is 5.90 Å². The van der Waals surface area contributed by atoms with Crippen molar-refractivity contribution in [2.75, 3.05) is 20.3 Å². The molecule has 0 bridgehead atoms. The molecule has 4 heteroatoms. The van der Waals surface area contributed by atoms with Crippen LogP contribution >= 0.6 is 0 Å². The van der Waals surface area contributed by atoms with E-state index in [1.165, 1.54) is 5.56 Å². The predicted octanol–water partition coefficient (Wildman–Crippen LogP) is 2.32. The van der Waals surface area contributed by atoms with Crippen molar-refractivity contribution in [2.45, 2.75) is 6.54 Å². The maximum absolute atomic E-state index is 5.52. The van der Waals surface area contributed by atoms with Crippen LogP contribution in [-0.2, 0) is 11.3 Å². The number of benzene rings is 1. The Balaban J connectivity index is 1.81. The lowest BCUT2D eigenvalue weighted by molar-refractivity contribution is 0.346. The lowest BCUT2D eigenvalue weighted by atomic mass is 10.2. The standard InChI is InChI=1S/C15H16N2O2/c1-18-13-6-4-12(5-7-13)11-17-9-2-3-14(17)15-16-8-10-19-15/h2-7,9H,8,10-11H2,1H3. The number of aliphatic imine (C=N–C) groups is 1. The molecule has 0 aliphatic carbocycles. The minimum absolute atomic E-state index is 0.684. The van der Waals surface area contributed by atoms with Gasteiger partial charge in [-0.1, -0.05) is 12.1 Å². The molecule has 1 aliphatic rings. The fourth-order valence-electron chi connectivity index (χ4n) is 2.16. The highest BCUT2D eigenvalue weighted by atomic mass is 16.5. The fraction of sp³-hybridized carbons (Fsp3) is 0.267. The summed E-state index contributed by atoms with van der Waals surface area (Å²) in [5, 5.41) is 0. The van der Waals surface area contributed by atoms with Crippen molar-refractivity contribution in [3.05, 3.63) is 53.9 Å². The summed E-state index contributed by atoms with van der Waals surface area (Å²) < 4.78 is 12.8. The van der Waals surface area contributed by atoms with Gasteiger partial charge in [0.05, 0.1) is 13.7 Å². The third kappa shape index (κ3) is 2.47. The topological polar surface area (TPSA) is 35.8 Å². The molecule has 0 N–H and O–H groups in total. The largest absolute Gasteiger partial charge is 0.497 e. The third-order valence-corrected chi connectivity index (χ3v) is 3.15. The van der Waals surface area contributed by atoms with Crippen molar-refractivity contribution >= 4 is 5.90 Å². The highest BCUT2D eigenvalue weighted by Crippen LogP contribution is 2.15.